The van der Waals surface area contributed by atoms with Crippen LogP contribution < -0.4 is 5.32 Å². The van der Waals surface area contributed by atoms with Crippen LogP contribution in [-0.2, 0) is 13.0 Å². The molecule has 2 aromatic heterocycles. The Hall–Kier alpha value is -1.54. The van der Waals surface area contributed by atoms with Gasteiger partial charge in [-0.2, -0.15) is 0 Å². The second kappa shape index (κ2) is 6.07. The van der Waals surface area contributed by atoms with E-state index >= 15 is 0 Å². The second-order valence-corrected chi connectivity index (χ2v) is 6.55. The van der Waals surface area contributed by atoms with E-state index < -0.39 is 0 Å². The number of nitrogens with zero attached hydrogens (tertiary/aromatic N) is 5. The zero-order valence-electron chi connectivity index (χ0n) is 11.5. The Kier molecular flexibility index (Phi) is 4.16. The van der Waals surface area contributed by atoms with Crippen LogP contribution in [0.3, 0.4) is 0 Å². The zero-order valence-corrected chi connectivity index (χ0v) is 13.1. The second-order valence-electron chi connectivity index (χ2n) is 4.99. The number of rotatable bonds is 3. The number of fused-ring (bicyclic) bond motifs is 1. The van der Waals surface area contributed by atoms with Crippen LogP contribution in [0.2, 0.25) is 4.47 Å². The molecule has 1 atom stereocenters. The lowest BCUT2D eigenvalue weighted by atomic mass is 10.2. The molecule has 3 rings (SSSR count). The molecule has 0 saturated heterocycles. The topological polar surface area (TPSA) is 85.6 Å². The van der Waals surface area contributed by atoms with Gasteiger partial charge in [-0.1, -0.05) is 17.8 Å². The van der Waals surface area contributed by atoms with E-state index in [1.807, 2.05) is 6.92 Å². The maximum absolute atomic E-state index is 12.1. The van der Waals surface area contributed by atoms with Crippen molar-refractivity contribution in [2.45, 2.75) is 45.2 Å². The predicted molar refractivity (Wildman–Crippen MR) is 78.4 cm³/mol. The van der Waals surface area contributed by atoms with Gasteiger partial charge in [-0.3, -0.25) is 4.79 Å². The quantitative estimate of drug-likeness (QED) is 0.932. The van der Waals surface area contributed by atoms with E-state index in [1.54, 1.807) is 0 Å². The predicted octanol–water partition coefficient (Wildman–Crippen LogP) is 2.00. The molecule has 1 N–H and O–H groups in total. The molecule has 0 saturated carbocycles. The molecule has 0 aliphatic carbocycles. The van der Waals surface area contributed by atoms with Gasteiger partial charge in [0.1, 0.15) is 5.82 Å². The molecule has 112 valence electrons. The molecule has 2 aromatic rings. The molecule has 0 aromatic carbocycles. The molecule has 1 aliphatic rings. The normalized spacial score (nSPS) is 16.1. The summed E-state index contributed by atoms with van der Waals surface area (Å²) in [5.41, 5.74) is 0. The van der Waals surface area contributed by atoms with Gasteiger partial charge in [0.2, 0.25) is 9.47 Å². The summed E-state index contributed by atoms with van der Waals surface area (Å²) in [7, 11) is 0. The SMILES string of the molecule is CC(NC(=O)c1nnc(Cl)s1)c1nnc2n1CCCCC2. The van der Waals surface area contributed by atoms with E-state index in [-0.39, 0.29) is 21.4 Å². The van der Waals surface area contributed by atoms with Crippen molar-refractivity contribution in [1.29, 1.82) is 0 Å². The van der Waals surface area contributed by atoms with Crippen molar-refractivity contribution in [3.8, 4) is 0 Å². The number of amides is 1. The first-order valence-electron chi connectivity index (χ1n) is 6.87. The Morgan fingerprint density at radius 1 is 1.29 bits per heavy atom. The number of carbonyl (C=O) groups is 1. The summed E-state index contributed by atoms with van der Waals surface area (Å²) >= 11 is 6.75. The highest BCUT2D eigenvalue weighted by atomic mass is 35.5. The van der Waals surface area contributed by atoms with Crippen LogP contribution in [-0.4, -0.2) is 30.9 Å². The molecule has 21 heavy (non-hydrogen) atoms. The summed E-state index contributed by atoms with van der Waals surface area (Å²) in [5.74, 6) is 1.50. The van der Waals surface area contributed by atoms with E-state index in [0.717, 1.165) is 48.8 Å². The Morgan fingerprint density at radius 3 is 2.90 bits per heavy atom. The summed E-state index contributed by atoms with van der Waals surface area (Å²) < 4.78 is 2.37. The molecule has 1 amide bonds. The Morgan fingerprint density at radius 2 is 2.14 bits per heavy atom. The van der Waals surface area contributed by atoms with Crippen molar-refractivity contribution in [3.63, 3.8) is 0 Å². The number of nitrogens with one attached hydrogen (secondary N) is 1. The van der Waals surface area contributed by atoms with Crippen LogP contribution in [0, 0.1) is 0 Å². The van der Waals surface area contributed by atoms with Crippen molar-refractivity contribution in [2.75, 3.05) is 0 Å². The van der Waals surface area contributed by atoms with Crippen LogP contribution in [0.15, 0.2) is 0 Å². The van der Waals surface area contributed by atoms with Crippen LogP contribution in [0.4, 0.5) is 0 Å². The first-order chi connectivity index (χ1) is 10.1. The Balaban J connectivity index is 1.75. The van der Waals surface area contributed by atoms with Crippen LogP contribution in [0.25, 0.3) is 0 Å². The first-order valence-corrected chi connectivity index (χ1v) is 8.06. The third-order valence-electron chi connectivity index (χ3n) is 3.47. The Bertz CT molecular complexity index is 654. The molecule has 1 aliphatic heterocycles. The lowest BCUT2D eigenvalue weighted by Gasteiger charge is -2.14. The third-order valence-corrected chi connectivity index (χ3v) is 4.49. The minimum atomic E-state index is -0.294. The molecule has 0 bridgehead atoms. The molecule has 9 heteroatoms. The minimum Gasteiger partial charge on any atom is -0.340 e. The summed E-state index contributed by atoms with van der Waals surface area (Å²) in [6.07, 6.45) is 4.40. The van der Waals surface area contributed by atoms with E-state index in [0.29, 0.717) is 0 Å². The van der Waals surface area contributed by atoms with Gasteiger partial charge >= 0.3 is 0 Å². The monoisotopic (exact) mass is 326 g/mol. The summed E-state index contributed by atoms with van der Waals surface area (Å²) in [5, 5.41) is 19.0. The molecule has 7 nitrogen and oxygen atoms in total. The van der Waals surface area contributed by atoms with Gasteiger partial charge in [0.05, 0.1) is 6.04 Å². The minimum absolute atomic E-state index is 0.237. The van der Waals surface area contributed by atoms with Crippen LogP contribution in [0.1, 0.15) is 53.7 Å². The summed E-state index contributed by atoms with van der Waals surface area (Å²) in [4.78, 5) is 12.1. The fourth-order valence-electron chi connectivity index (χ4n) is 2.45. The molecule has 3 heterocycles. The van der Waals surface area contributed by atoms with Crippen molar-refractivity contribution < 1.29 is 4.79 Å². The molecular formula is C12H15ClN6OS. The van der Waals surface area contributed by atoms with Gasteiger partial charge in [-0.25, -0.2) is 0 Å². The molecular weight excluding hydrogens is 312 g/mol. The van der Waals surface area contributed by atoms with Gasteiger partial charge < -0.3 is 9.88 Å². The number of hydrogen-bond acceptors (Lipinski definition) is 6. The lowest BCUT2D eigenvalue weighted by Crippen LogP contribution is -2.29. The van der Waals surface area contributed by atoms with E-state index in [9.17, 15) is 4.79 Å². The summed E-state index contributed by atoms with van der Waals surface area (Å²) in [6, 6.07) is -0.237. The van der Waals surface area contributed by atoms with E-state index in [2.05, 4.69) is 30.3 Å². The number of aryl methyl sites for hydroxylation is 1. The van der Waals surface area contributed by atoms with Crippen molar-refractivity contribution in [2.24, 2.45) is 0 Å². The van der Waals surface area contributed by atoms with Gasteiger partial charge in [-0.15, -0.1) is 20.4 Å². The smallest absolute Gasteiger partial charge is 0.282 e. The maximum atomic E-state index is 12.1. The molecule has 0 spiro atoms. The molecule has 0 fully saturated rings. The van der Waals surface area contributed by atoms with Crippen molar-refractivity contribution >= 4 is 28.8 Å². The zero-order chi connectivity index (χ0) is 14.8. The number of aromatic nitrogens is 5. The van der Waals surface area contributed by atoms with Gasteiger partial charge in [0, 0.05) is 13.0 Å². The van der Waals surface area contributed by atoms with Crippen LogP contribution in [0.5, 0.6) is 0 Å². The highest BCUT2D eigenvalue weighted by molar-refractivity contribution is 7.17. The van der Waals surface area contributed by atoms with Crippen molar-refractivity contribution in [1.82, 2.24) is 30.3 Å². The largest absolute Gasteiger partial charge is 0.340 e. The highest BCUT2D eigenvalue weighted by Gasteiger charge is 2.22. The highest BCUT2D eigenvalue weighted by Crippen LogP contribution is 2.20. The number of carbonyl (C=O) groups excluding carboxylic acids is 1. The molecule has 1 unspecified atom stereocenters. The fourth-order valence-corrected chi connectivity index (χ4v) is 3.18. The van der Waals surface area contributed by atoms with E-state index in [1.165, 1.54) is 6.42 Å². The third kappa shape index (κ3) is 3.06. The average Bonchev–Trinajstić information content (AvgIpc) is 2.99. The fraction of sp³-hybridized carbons (Fsp3) is 0.583. The maximum Gasteiger partial charge on any atom is 0.282 e. The first kappa shape index (κ1) is 14.4. The van der Waals surface area contributed by atoms with Gasteiger partial charge in [0.25, 0.3) is 5.91 Å². The number of halogens is 1. The van der Waals surface area contributed by atoms with Crippen molar-refractivity contribution in [3.05, 3.63) is 21.1 Å². The van der Waals surface area contributed by atoms with E-state index in [4.69, 9.17) is 11.6 Å². The van der Waals surface area contributed by atoms with Gasteiger partial charge in [0.15, 0.2) is 5.82 Å². The lowest BCUT2D eigenvalue weighted by molar-refractivity contribution is 0.0936. The molecule has 0 radical (unpaired) electrons. The van der Waals surface area contributed by atoms with Gasteiger partial charge in [-0.05, 0) is 31.4 Å². The number of hydrogen-bond donors (Lipinski definition) is 1. The average molecular weight is 327 g/mol. The Labute approximate surface area is 130 Å². The van der Waals surface area contributed by atoms with Crippen LogP contribution >= 0.6 is 22.9 Å². The standard InChI is InChI=1S/C12H15ClN6OS/c1-7(14-10(20)11-17-18-12(13)21-11)9-16-15-8-5-3-2-4-6-19(8)9/h7H,2-6H2,1H3,(H,14,20). The summed E-state index contributed by atoms with van der Waals surface area (Å²) in [6.45, 7) is 2.80.